The van der Waals surface area contributed by atoms with Crippen LogP contribution in [0.3, 0.4) is 0 Å². The van der Waals surface area contributed by atoms with Gasteiger partial charge in [0.25, 0.3) is 0 Å². The Bertz CT molecular complexity index is 616. The van der Waals surface area contributed by atoms with E-state index >= 15 is 0 Å². The molecule has 3 heterocycles. The van der Waals surface area contributed by atoms with E-state index in [1.807, 2.05) is 0 Å². The standard InChI is InChI=1S/C16H20N2O/c1-19-12-4-5-13-14-6-8-18-7-2-3-11(18)9-15(14)17-16(13)10-12/h4-5,10-11,17H,2-3,6-9H2,1H3. The molecule has 3 heteroatoms. The maximum absolute atomic E-state index is 5.32. The molecule has 1 aromatic heterocycles. The first-order valence-corrected chi connectivity index (χ1v) is 7.26. The number of benzene rings is 1. The highest BCUT2D eigenvalue weighted by Crippen LogP contribution is 2.32. The Kier molecular flexibility index (Phi) is 2.55. The largest absolute Gasteiger partial charge is 0.497 e. The smallest absolute Gasteiger partial charge is 0.120 e. The number of rotatable bonds is 1. The van der Waals surface area contributed by atoms with Crippen LogP contribution in [0.4, 0.5) is 0 Å². The summed E-state index contributed by atoms with van der Waals surface area (Å²) in [6, 6.07) is 7.16. The Morgan fingerprint density at radius 2 is 2.26 bits per heavy atom. The second-order valence-corrected chi connectivity index (χ2v) is 5.78. The molecular formula is C16H20N2O. The van der Waals surface area contributed by atoms with Gasteiger partial charge in [0.1, 0.15) is 5.75 Å². The van der Waals surface area contributed by atoms with Crippen LogP contribution in [-0.4, -0.2) is 36.1 Å². The van der Waals surface area contributed by atoms with Gasteiger partial charge in [0.15, 0.2) is 0 Å². The van der Waals surface area contributed by atoms with Crippen molar-refractivity contribution in [1.29, 1.82) is 0 Å². The first-order chi connectivity index (χ1) is 9.35. The minimum Gasteiger partial charge on any atom is -0.497 e. The van der Waals surface area contributed by atoms with E-state index in [1.165, 1.54) is 60.9 Å². The SMILES string of the molecule is COc1ccc2c3c([nH]c2c1)CC1CCCN1CC3. The van der Waals surface area contributed by atoms with Gasteiger partial charge in [-0.15, -0.1) is 0 Å². The van der Waals surface area contributed by atoms with E-state index in [2.05, 4.69) is 28.1 Å². The predicted octanol–water partition coefficient (Wildman–Crippen LogP) is 2.74. The molecule has 2 aliphatic rings. The number of hydrogen-bond acceptors (Lipinski definition) is 2. The van der Waals surface area contributed by atoms with E-state index in [9.17, 15) is 0 Å². The minimum atomic E-state index is 0.760. The Morgan fingerprint density at radius 3 is 3.16 bits per heavy atom. The lowest BCUT2D eigenvalue weighted by molar-refractivity contribution is 0.263. The molecule has 19 heavy (non-hydrogen) atoms. The summed E-state index contributed by atoms with van der Waals surface area (Å²) >= 11 is 0. The molecule has 100 valence electrons. The molecule has 1 aromatic carbocycles. The van der Waals surface area contributed by atoms with Crippen LogP contribution in [-0.2, 0) is 12.8 Å². The number of aromatic nitrogens is 1. The Morgan fingerprint density at radius 1 is 1.32 bits per heavy atom. The predicted molar refractivity (Wildman–Crippen MR) is 76.9 cm³/mol. The van der Waals surface area contributed by atoms with Gasteiger partial charge in [0, 0.05) is 41.7 Å². The third-order valence-corrected chi connectivity index (χ3v) is 4.79. The molecule has 0 bridgehead atoms. The van der Waals surface area contributed by atoms with E-state index < -0.39 is 0 Å². The molecular weight excluding hydrogens is 236 g/mol. The normalized spacial score (nSPS) is 23.1. The van der Waals surface area contributed by atoms with Crippen LogP contribution in [0, 0.1) is 0 Å². The topological polar surface area (TPSA) is 28.3 Å². The quantitative estimate of drug-likeness (QED) is 0.849. The van der Waals surface area contributed by atoms with Crippen molar-refractivity contribution in [3.63, 3.8) is 0 Å². The van der Waals surface area contributed by atoms with Crippen LogP contribution in [0.2, 0.25) is 0 Å². The average Bonchev–Trinajstić information content (AvgIpc) is 2.97. The second-order valence-electron chi connectivity index (χ2n) is 5.78. The minimum absolute atomic E-state index is 0.760. The molecule has 1 saturated heterocycles. The molecule has 0 spiro atoms. The van der Waals surface area contributed by atoms with Crippen molar-refractivity contribution < 1.29 is 4.74 Å². The highest BCUT2D eigenvalue weighted by molar-refractivity contribution is 5.86. The maximum Gasteiger partial charge on any atom is 0.120 e. The summed E-state index contributed by atoms with van der Waals surface area (Å²) in [5.41, 5.74) is 4.22. The van der Waals surface area contributed by atoms with Crippen molar-refractivity contribution >= 4 is 10.9 Å². The average molecular weight is 256 g/mol. The number of nitrogens with one attached hydrogen (secondary N) is 1. The van der Waals surface area contributed by atoms with Crippen molar-refractivity contribution in [2.75, 3.05) is 20.2 Å². The van der Waals surface area contributed by atoms with Crippen LogP contribution in [0.25, 0.3) is 10.9 Å². The van der Waals surface area contributed by atoms with Crippen LogP contribution in [0.5, 0.6) is 5.75 Å². The molecule has 0 aliphatic carbocycles. The Balaban J connectivity index is 1.79. The van der Waals surface area contributed by atoms with Crippen molar-refractivity contribution in [3.05, 3.63) is 29.5 Å². The van der Waals surface area contributed by atoms with E-state index in [0.717, 1.165) is 11.8 Å². The molecule has 1 N–H and O–H groups in total. The zero-order valence-electron chi connectivity index (χ0n) is 11.4. The van der Waals surface area contributed by atoms with Crippen LogP contribution < -0.4 is 4.74 Å². The van der Waals surface area contributed by atoms with E-state index in [0.29, 0.717) is 0 Å². The van der Waals surface area contributed by atoms with Crippen molar-refractivity contribution in [2.24, 2.45) is 0 Å². The number of nitrogens with zero attached hydrogens (tertiary/aromatic N) is 1. The number of fused-ring (bicyclic) bond motifs is 4. The van der Waals surface area contributed by atoms with Crippen molar-refractivity contribution in [1.82, 2.24) is 9.88 Å². The van der Waals surface area contributed by atoms with Crippen LogP contribution in [0.15, 0.2) is 18.2 Å². The summed E-state index contributed by atoms with van der Waals surface area (Å²) in [4.78, 5) is 6.31. The molecule has 4 rings (SSSR count). The molecule has 1 atom stereocenters. The number of aromatic amines is 1. The Labute approximate surface area is 113 Å². The Hall–Kier alpha value is -1.48. The maximum atomic E-state index is 5.32. The summed E-state index contributed by atoms with van der Waals surface area (Å²) in [7, 11) is 1.73. The van der Waals surface area contributed by atoms with Crippen LogP contribution in [0.1, 0.15) is 24.1 Å². The molecule has 0 saturated carbocycles. The van der Waals surface area contributed by atoms with Gasteiger partial charge in [0.2, 0.25) is 0 Å². The fraction of sp³-hybridized carbons (Fsp3) is 0.500. The van der Waals surface area contributed by atoms with Gasteiger partial charge in [-0.1, -0.05) is 0 Å². The zero-order chi connectivity index (χ0) is 12.8. The number of ether oxygens (including phenoxy) is 1. The zero-order valence-corrected chi connectivity index (χ0v) is 11.4. The van der Waals surface area contributed by atoms with E-state index in [1.54, 1.807) is 7.11 Å². The highest BCUT2D eigenvalue weighted by atomic mass is 16.5. The van der Waals surface area contributed by atoms with Crippen LogP contribution >= 0.6 is 0 Å². The van der Waals surface area contributed by atoms with Crippen molar-refractivity contribution in [2.45, 2.75) is 31.7 Å². The number of hydrogen-bond donors (Lipinski definition) is 1. The molecule has 2 aromatic rings. The molecule has 3 nitrogen and oxygen atoms in total. The van der Waals surface area contributed by atoms with Gasteiger partial charge in [-0.25, -0.2) is 0 Å². The van der Waals surface area contributed by atoms with Gasteiger partial charge in [-0.2, -0.15) is 0 Å². The van der Waals surface area contributed by atoms with Gasteiger partial charge in [-0.05, 0) is 43.5 Å². The summed E-state index contributed by atoms with van der Waals surface area (Å²) in [6.07, 6.45) is 5.09. The van der Waals surface area contributed by atoms with E-state index in [4.69, 9.17) is 4.74 Å². The van der Waals surface area contributed by atoms with E-state index in [-0.39, 0.29) is 0 Å². The van der Waals surface area contributed by atoms with Gasteiger partial charge >= 0.3 is 0 Å². The summed E-state index contributed by atoms with van der Waals surface area (Å²) in [5, 5.41) is 1.39. The monoisotopic (exact) mass is 256 g/mol. The molecule has 2 aliphatic heterocycles. The fourth-order valence-electron chi connectivity index (χ4n) is 3.79. The lowest BCUT2D eigenvalue weighted by atomic mass is 10.0. The summed E-state index contributed by atoms with van der Waals surface area (Å²) in [5.74, 6) is 0.936. The first kappa shape index (κ1) is 11.4. The third-order valence-electron chi connectivity index (χ3n) is 4.79. The van der Waals surface area contributed by atoms with Crippen molar-refractivity contribution in [3.8, 4) is 5.75 Å². The molecule has 1 fully saturated rings. The van der Waals surface area contributed by atoms with Gasteiger partial charge in [-0.3, -0.25) is 4.90 Å². The lowest BCUT2D eigenvalue weighted by Crippen LogP contribution is -2.30. The summed E-state index contributed by atoms with van der Waals surface area (Å²) in [6.45, 7) is 2.51. The third kappa shape index (κ3) is 1.76. The number of methoxy groups -OCH3 is 1. The van der Waals surface area contributed by atoms with Gasteiger partial charge < -0.3 is 9.72 Å². The first-order valence-electron chi connectivity index (χ1n) is 7.26. The second kappa shape index (κ2) is 4.27. The molecule has 0 amide bonds. The number of H-pyrrole nitrogens is 1. The van der Waals surface area contributed by atoms with Gasteiger partial charge in [0.05, 0.1) is 7.11 Å². The summed E-state index contributed by atoms with van der Waals surface area (Å²) < 4.78 is 5.32. The highest BCUT2D eigenvalue weighted by Gasteiger charge is 2.29. The molecule has 0 radical (unpaired) electrons. The molecule has 1 unspecified atom stereocenters. The lowest BCUT2D eigenvalue weighted by Gasteiger charge is -2.20. The fourth-order valence-corrected chi connectivity index (χ4v) is 3.79.